The number of amides is 3. The van der Waals surface area contributed by atoms with Crippen molar-refractivity contribution < 1.29 is 19.1 Å². The average Bonchev–Trinajstić information content (AvgIpc) is 4.11. The molecular weight excluding hydrogens is 781 g/mol. The number of aryl methyl sites for hydroxylation is 1. The molecule has 1 saturated heterocycles. The minimum Gasteiger partial charge on any atom is -0.494 e. The van der Waals surface area contributed by atoms with Gasteiger partial charge in [-0.2, -0.15) is 4.98 Å². The smallest absolute Gasteiger partial charge is 0.261 e. The van der Waals surface area contributed by atoms with Gasteiger partial charge in [0.1, 0.15) is 5.75 Å². The van der Waals surface area contributed by atoms with Crippen LogP contribution in [0.5, 0.6) is 5.75 Å². The number of nitrogens with one attached hydrogen (secondary N) is 2. The summed E-state index contributed by atoms with van der Waals surface area (Å²) in [6.45, 7) is 7.47. The van der Waals surface area contributed by atoms with E-state index < -0.39 is 0 Å². The van der Waals surface area contributed by atoms with E-state index in [9.17, 15) is 19.2 Å². The number of hydrogen-bond donors (Lipinski definition) is 2. The second kappa shape index (κ2) is 19.7. The van der Waals surface area contributed by atoms with Crippen LogP contribution in [0.25, 0.3) is 16.7 Å². The number of pyridine rings is 1. The molecule has 8 rings (SSSR count). The van der Waals surface area contributed by atoms with Crippen LogP contribution in [0.3, 0.4) is 0 Å². The van der Waals surface area contributed by atoms with Crippen LogP contribution in [0.4, 0.5) is 23.0 Å². The van der Waals surface area contributed by atoms with Crippen LogP contribution < -0.4 is 25.8 Å². The summed E-state index contributed by atoms with van der Waals surface area (Å²) in [7, 11) is 1.66. The number of fused-ring (bicyclic) bond motifs is 2. The van der Waals surface area contributed by atoms with Crippen LogP contribution in [-0.4, -0.2) is 88.4 Å². The Morgan fingerprint density at radius 3 is 2.06 bits per heavy atom. The summed E-state index contributed by atoms with van der Waals surface area (Å²) >= 11 is 0. The number of carbonyl (C=O) groups excluding carboxylic acids is 3. The highest BCUT2D eigenvalue weighted by atomic mass is 16.5. The van der Waals surface area contributed by atoms with Crippen molar-refractivity contribution in [3.05, 3.63) is 106 Å². The summed E-state index contributed by atoms with van der Waals surface area (Å²) in [6, 6.07) is 22.1. The summed E-state index contributed by atoms with van der Waals surface area (Å²) in [4.78, 5) is 66.8. The van der Waals surface area contributed by atoms with E-state index in [1.54, 1.807) is 42.1 Å². The van der Waals surface area contributed by atoms with Crippen molar-refractivity contribution in [2.75, 3.05) is 61.9 Å². The number of ether oxygens (including phenoxy) is 1. The number of aromatic nitrogens is 3. The molecule has 324 valence electrons. The fourth-order valence-electron chi connectivity index (χ4n) is 8.67. The lowest BCUT2D eigenvalue weighted by Gasteiger charge is -2.36. The third-order valence-electron chi connectivity index (χ3n) is 12.4. The van der Waals surface area contributed by atoms with E-state index in [-0.39, 0.29) is 29.2 Å². The van der Waals surface area contributed by atoms with E-state index in [0.717, 1.165) is 87.2 Å². The number of anilines is 4. The Bertz CT molecular complexity index is 2440. The van der Waals surface area contributed by atoms with Crippen molar-refractivity contribution in [2.24, 2.45) is 5.92 Å². The molecule has 13 nitrogen and oxygen atoms in total. The predicted molar refractivity (Wildman–Crippen MR) is 244 cm³/mol. The Balaban J connectivity index is 0.751. The maximum absolute atomic E-state index is 13.4. The van der Waals surface area contributed by atoms with Gasteiger partial charge in [0, 0.05) is 73.7 Å². The van der Waals surface area contributed by atoms with Crippen LogP contribution in [0.15, 0.2) is 83.8 Å². The minimum atomic E-state index is -0.221. The lowest BCUT2D eigenvalue weighted by Crippen LogP contribution is -2.46. The summed E-state index contributed by atoms with van der Waals surface area (Å²) in [5.74, 6) is 0.787. The molecule has 13 heteroatoms. The molecule has 2 N–H and O–H groups in total. The van der Waals surface area contributed by atoms with E-state index in [4.69, 9.17) is 9.72 Å². The van der Waals surface area contributed by atoms with E-state index >= 15 is 0 Å². The number of rotatable bonds is 20. The number of methoxy groups -OCH3 is 1. The van der Waals surface area contributed by atoms with E-state index in [1.807, 2.05) is 43.3 Å². The van der Waals surface area contributed by atoms with Crippen molar-refractivity contribution in [3.8, 4) is 11.4 Å². The highest BCUT2D eigenvalue weighted by molar-refractivity contribution is 6.21. The Kier molecular flexibility index (Phi) is 13.6. The molecular formula is C49H58N8O5. The number of imide groups is 1. The first-order valence-corrected chi connectivity index (χ1v) is 22.5. The molecule has 0 radical (unpaired) electrons. The van der Waals surface area contributed by atoms with Crippen molar-refractivity contribution in [2.45, 2.75) is 84.0 Å². The lowest BCUT2D eigenvalue weighted by molar-refractivity contribution is -0.117. The zero-order chi connectivity index (χ0) is 43.0. The maximum Gasteiger partial charge on any atom is 0.261 e. The fourth-order valence-corrected chi connectivity index (χ4v) is 8.67. The van der Waals surface area contributed by atoms with Gasteiger partial charge in [0.25, 0.3) is 17.4 Å². The normalized spacial score (nSPS) is 15.3. The zero-order valence-corrected chi connectivity index (χ0v) is 36.0. The minimum absolute atomic E-state index is 0.00678. The van der Waals surface area contributed by atoms with Gasteiger partial charge < -0.3 is 20.3 Å². The van der Waals surface area contributed by atoms with Gasteiger partial charge in [-0.05, 0) is 87.2 Å². The van der Waals surface area contributed by atoms with Gasteiger partial charge in [-0.25, -0.2) is 4.98 Å². The Morgan fingerprint density at radius 2 is 1.40 bits per heavy atom. The molecule has 5 aromatic rings. The molecule has 1 saturated carbocycles. The van der Waals surface area contributed by atoms with E-state index in [2.05, 4.69) is 37.6 Å². The van der Waals surface area contributed by atoms with Crippen molar-refractivity contribution in [1.29, 1.82) is 0 Å². The van der Waals surface area contributed by atoms with Crippen molar-refractivity contribution in [3.63, 3.8) is 0 Å². The van der Waals surface area contributed by atoms with Crippen molar-refractivity contribution in [1.82, 2.24) is 24.3 Å². The molecule has 0 atom stereocenters. The highest BCUT2D eigenvalue weighted by Gasteiger charge is 2.34. The molecule has 0 bridgehead atoms. The number of carbonyl (C=O) groups is 3. The van der Waals surface area contributed by atoms with Crippen LogP contribution >= 0.6 is 0 Å². The largest absolute Gasteiger partial charge is 0.494 e. The zero-order valence-electron chi connectivity index (χ0n) is 36.0. The number of hydrogen-bond acceptors (Lipinski definition) is 10. The molecule has 4 heterocycles. The van der Waals surface area contributed by atoms with Crippen molar-refractivity contribution >= 4 is 51.8 Å². The SMILES string of the molecule is COc1cc(N2CCN(CCCCCCCCCCCCN3C(=O)c4ccccc4C3=O)CC2)ccc1Nc1ncc2c(C)cc(=O)n(-c3cccc(NC(=O)C4CC4)c3)c2n1. The molecule has 3 aliphatic rings. The standard InChI is InChI=1S/C49H58N8O5/c1-34-30-44(58)57(38-17-15-16-36(31-38)51-46(59)35-20-21-35)45-41(34)33-50-49(53-45)52-42-23-22-37(32-43(42)62-2)55-28-26-54(27-29-55)24-13-9-7-5-3-4-6-8-10-14-25-56-47(60)39-18-11-12-19-40(39)48(56)61/h11-12,15-19,22-23,30-33,35H,3-10,13-14,20-21,24-29H2,1-2H3,(H,51,59)(H,50,52,53). The highest BCUT2D eigenvalue weighted by Crippen LogP contribution is 2.33. The second-order valence-corrected chi connectivity index (χ2v) is 16.9. The first-order valence-electron chi connectivity index (χ1n) is 22.5. The van der Waals surface area contributed by atoms with E-state index in [1.165, 1.54) is 49.8 Å². The molecule has 2 aromatic heterocycles. The van der Waals surface area contributed by atoms with Gasteiger partial charge in [0.2, 0.25) is 11.9 Å². The van der Waals surface area contributed by atoms with Gasteiger partial charge >= 0.3 is 0 Å². The van der Waals surface area contributed by atoms with Crippen LogP contribution in [-0.2, 0) is 4.79 Å². The third kappa shape index (κ3) is 9.99. The summed E-state index contributed by atoms with van der Waals surface area (Å²) in [5, 5.41) is 7.06. The third-order valence-corrected chi connectivity index (χ3v) is 12.4. The van der Waals surface area contributed by atoms with Gasteiger partial charge in [0.15, 0.2) is 5.65 Å². The number of nitrogens with zero attached hydrogens (tertiary/aromatic N) is 6. The topological polar surface area (TPSA) is 142 Å². The summed E-state index contributed by atoms with van der Waals surface area (Å²) in [6.07, 6.45) is 15.4. The summed E-state index contributed by atoms with van der Waals surface area (Å²) in [5.41, 5.74) is 5.16. The molecule has 2 fully saturated rings. The predicted octanol–water partition coefficient (Wildman–Crippen LogP) is 8.51. The monoisotopic (exact) mass is 838 g/mol. The van der Waals surface area contributed by atoms with Gasteiger partial charge in [-0.15, -0.1) is 0 Å². The van der Waals surface area contributed by atoms with Gasteiger partial charge in [-0.1, -0.05) is 69.6 Å². The van der Waals surface area contributed by atoms with Gasteiger partial charge in [-0.3, -0.25) is 33.5 Å². The fraction of sp³-hybridized carbons (Fsp3) is 0.429. The van der Waals surface area contributed by atoms with Crippen LogP contribution in [0.1, 0.15) is 103 Å². The summed E-state index contributed by atoms with van der Waals surface area (Å²) < 4.78 is 7.40. The van der Waals surface area contributed by atoms with Gasteiger partial charge in [0.05, 0.1) is 29.6 Å². The number of unbranched alkanes of at least 4 members (excludes halogenated alkanes) is 9. The molecule has 62 heavy (non-hydrogen) atoms. The Morgan fingerprint density at radius 1 is 0.742 bits per heavy atom. The average molecular weight is 839 g/mol. The molecule has 0 spiro atoms. The first kappa shape index (κ1) is 42.6. The number of benzene rings is 3. The quantitative estimate of drug-likeness (QED) is 0.0579. The lowest BCUT2D eigenvalue weighted by atomic mass is 10.1. The molecule has 1 aliphatic carbocycles. The van der Waals surface area contributed by atoms with Crippen LogP contribution in [0.2, 0.25) is 0 Å². The van der Waals surface area contributed by atoms with Crippen LogP contribution in [0, 0.1) is 12.8 Å². The molecule has 3 aromatic carbocycles. The molecule has 3 amide bonds. The first-order chi connectivity index (χ1) is 30.3. The molecule has 0 unspecified atom stereocenters. The number of piperazine rings is 1. The van der Waals surface area contributed by atoms with E-state index in [0.29, 0.717) is 46.4 Å². The maximum atomic E-state index is 13.4. The second-order valence-electron chi connectivity index (χ2n) is 16.9. The molecule has 2 aliphatic heterocycles. The Hall–Kier alpha value is -6.08. The Labute approximate surface area is 363 Å².